The molecule has 1 aromatic rings. The fourth-order valence-corrected chi connectivity index (χ4v) is 3.92. The van der Waals surface area contributed by atoms with Gasteiger partial charge in [-0.2, -0.15) is 0 Å². The maximum atomic E-state index is 13.3. The third kappa shape index (κ3) is 7.06. The van der Waals surface area contributed by atoms with Gasteiger partial charge in [0.2, 0.25) is 11.8 Å². The number of hydrogen-bond acceptors (Lipinski definition) is 7. The highest BCUT2D eigenvalue weighted by molar-refractivity contribution is 6.37. The monoisotopic (exact) mass is 530 g/mol. The van der Waals surface area contributed by atoms with Crippen molar-refractivity contribution >= 4 is 59.1 Å². The number of carboxylic acids is 1. The Balaban J connectivity index is 2.28. The van der Waals surface area contributed by atoms with E-state index in [1.54, 1.807) is 13.8 Å². The predicted molar refractivity (Wildman–Crippen MR) is 123 cm³/mol. The number of aldehydes is 1. The standard InChI is InChI=1S/C21H24Cl2N4O8/c1-10(2)27-17(30)4-3-15(25-20(34)11-5-13(22)19(33)14(23)6-11)21(35)26(27)8-16(29)24-12(9-28)7-18(31)32/h5-6,9-10,12,15,33H,3-4,7-8H2,1-2H3,(H,24,29)(H,25,34)(H,31,32). The number of rotatable bonds is 9. The SMILES string of the molecule is CC(C)N1C(=O)CCC(NC(=O)c2cc(Cl)c(O)c(Cl)c2)C(=O)N1CC(=O)NC(C=O)CC(=O)O. The topological polar surface area (TPSA) is 173 Å². The first-order chi connectivity index (χ1) is 16.3. The van der Waals surface area contributed by atoms with Gasteiger partial charge in [-0.3, -0.25) is 24.0 Å². The van der Waals surface area contributed by atoms with Gasteiger partial charge in [0.05, 0.1) is 22.5 Å². The van der Waals surface area contributed by atoms with Crippen LogP contribution < -0.4 is 10.6 Å². The lowest BCUT2D eigenvalue weighted by Crippen LogP contribution is -2.59. The molecule has 1 aromatic carbocycles. The molecule has 1 aliphatic rings. The van der Waals surface area contributed by atoms with E-state index >= 15 is 0 Å². The Bertz CT molecular complexity index is 1030. The largest absolute Gasteiger partial charge is 0.505 e. The van der Waals surface area contributed by atoms with Crippen molar-refractivity contribution in [2.75, 3.05) is 6.54 Å². The number of nitrogens with zero attached hydrogens (tertiary/aromatic N) is 2. The molecule has 4 N–H and O–H groups in total. The Labute approximate surface area is 210 Å². The second kappa shape index (κ2) is 11.8. The molecule has 12 nitrogen and oxygen atoms in total. The van der Waals surface area contributed by atoms with Gasteiger partial charge in [0, 0.05) is 18.0 Å². The van der Waals surface area contributed by atoms with Crippen LogP contribution in [-0.4, -0.2) is 80.8 Å². The zero-order valence-corrected chi connectivity index (χ0v) is 20.3. The van der Waals surface area contributed by atoms with Gasteiger partial charge in [-0.15, -0.1) is 0 Å². The number of nitrogens with one attached hydrogen (secondary N) is 2. The van der Waals surface area contributed by atoms with Crippen molar-refractivity contribution in [3.63, 3.8) is 0 Å². The van der Waals surface area contributed by atoms with Gasteiger partial charge in [0.15, 0.2) is 5.75 Å². The number of benzene rings is 1. The van der Waals surface area contributed by atoms with Crippen LogP contribution in [0.25, 0.3) is 0 Å². The van der Waals surface area contributed by atoms with Crippen molar-refractivity contribution in [2.24, 2.45) is 0 Å². The number of carboxylic acid groups (broad SMARTS) is 1. The zero-order chi connectivity index (χ0) is 26.4. The molecule has 2 rings (SSSR count). The molecule has 35 heavy (non-hydrogen) atoms. The van der Waals surface area contributed by atoms with Gasteiger partial charge >= 0.3 is 5.97 Å². The van der Waals surface area contributed by atoms with Crippen LogP contribution in [0.3, 0.4) is 0 Å². The molecule has 0 radical (unpaired) electrons. The quantitative estimate of drug-likeness (QED) is 0.338. The first kappa shape index (κ1) is 27.9. The van der Waals surface area contributed by atoms with Crippen LogP contribution in [0.15, 0.2) is 12.1 Å². The Morgan fingerprint density at radius 1 is 1.20 bits per heavy atom. The van der Waals surface area contributed by atoms with Crippen LogP contribution in [0, 0.1) is 0 Å². The molecule has 190 valence electrons. The van der Waals surface area contributed by atoms with Crippen molar-refractivity contribution in [1.29, 1.82) is 0 Å². The van der Waals surface area contributed by atoms with Crippen molar-refractivity contribution in [3.05, 3.63) is 27.7 Å². The van der Waals surface area contributed by atoms with Crippen LogP contribution in [0.2, 0.25) is 10.0 Å². The van der Waals surface area contributed by atoms with Crippen LogP contribution in [0.5, 0.6) is 5.75 Å². The van der Waals surface area contributed by atoms with Crippen molar-refractivity contribution in [2.45, 2.75) is 51.2 Å². The molecule has 0 bridgehead atoms. The van der Waals surface area contributed by atoms with E-state index in [1.165, 1.54) is 0 Å². The average molecular weight is 531 g/mol. The van der Waals surface area contributed by atoms with Crippen LogP contribution >= 0.6 is 23.2 Å². The minimum atomic E-state index is -1.33. The van der Waals surface area contributed by atoms with Gasteiger partial charge < -0.3 is 25.6 Å². The summed E-state index contributed by atoms with van der Waals surface area (Å²) in [6, 6.07) is -0.778. The van der Waals surface area contributed by atoms with Crippen molar-refractivity contribution < 1.29 is 39.0 Å². The smallest absolute Gasteiger partial charge is 0.305 e. The van der Waals surface area contributed by atoms with Crippen LogP contribution in [0.4, 0.5) is 0 Å². The van der Waals surface area contributed by atoms with E-state index in [1.807, 2.05) is 0 Å². The summed E-state index contributed by atoms with van der Waals surface area (Å²) >= 11 is 11.7. The fourth-order valence-electron chi connectivity index (χ4n) is 3.43. The molecule has 1 aliphatic heterocycles. The molecule has 2 unspecified atom stereocenters. The van der Waals surface area contributed by atoms with Gasteiger partial charge in [-0.1, -0.05) is 23.2 Å². The summed E-state index contributed by atoms with van der Waals surface area (Å²) in [5.74, 6) is -4.62. The molecule has 14 heteroatoms. The normalized spacial score (nSPS) is 17.1. The maximum Gasteiger partial charge on any atom is 0.305 e. The van der Waals surface area contributed by atoms with E-state index < -0.39 is 66.4 Å². The second-order valence-corrected chi connectivity index (χ2v) is 8.80. The highest BCUT2D eigenvalue weighted by Crippen LogP contribution is 2.32. The summed E-state index contributed by atoms with van der Waals surface area (Å²) in [7, 11) is 0. The summed E-state index contributed by atoms with van der Waals surface area (Å²) in [5.41, 5.74) is -0.0475. The maximum absolute atomic E-state index is 13.3. The van der Waals surface area contributed by atoms with Gasteiger partial charge in [0.25, 0.3) is 11.8 Å². The number of carbonyl (C=O) groups excluding carboxylic acids is 5. The molecule has 0 aromatic heterocycles. The molecular weight excluding hydrogens is 507 g/mol. The molecule has 0 saturated carbocycles. The number of phenols is 1. The minimum absolute atomic E-state index is 0.0475. The Morgan fingerprint density at radius 3 is 2.31 bits per heavy atom. The lowest BCUT2D eigenvalue weighted by Gasteiger charge is -2.36. The molecular formula is C21H24Cl2N4O8. The second-order valence-electron chi connectivity index (χ2n) is 7.99. The number of amides is 4. The van der Waals surface area contributed by atoms with Crippen molar-refractivity contribution in [1.82, 2.24) is 20.7 Å². The average Bonchev–Trinajstić information content (AvgIpc) is 2.87. The Kier molecular flexibility index (Phi) is 9.43. The molecule has 0 spiro atoms. The number of aliphatic carboxylic acids is 1. The highest BCUT2D eigenvalue weighted by Gasteiger charge is 2.39. The summed E-state index contributed by atoms with van der Waals surface area (Å²) < 4.78 is 0. The number of hydrazine groups is 1. The van der Waals surface area contributed by atoms with Crippen LogP contribution in [0.1, 0.15) is 43.5 Å². The van der Waals surface area contributed by atoms with E-state index in [2.05, 4.69) is 10.6 Å². The lowest BCUT2D eigenvalue weighted by molar-refractivity contribution is -0.168. The van der Waals surface area contributed by atoms with E-state index in [0.717, 1.165) is 22.2 Å². The van der Waals surface area contributed by atoms with Crippen molar-refractivity contribution in [3.8, 4) is 5.75 Å². The number of aromatic hydroxyl groups is 1. The first-order valence-electron chi connectivity index (χ1n) is 10.4. The van der Waals surface area contributed by atoms with Crippen LogP contribution in [-0.2, 0) is 24.0 Å². The van der Waals surface area contributed by atoms with E-state index in [0.29, 0.717) is 0 Å². The summed E-state index contributed by atoms with van der Waals surface area (Å²) in [4.78, 5) is 73.2. The number of hydrogen-bond donors (Lipinski definition) is 4. The molecule has 1 fully saturated rings. The summed E-state index contributed by atoms with van der Waals surface area (Å²) in [6.07, 6.45) is -0.606. The first-order valence-corrected chi connectivity index (χ1v) is 11.2. The lowest BCUT2D eigenvalue weighted by atomic mass is 10.1. The van der Waals surface area contributed by atoms with E-state index in [4.69, 9.17) is 28.3 Å². The number of carbonyl (C=O) groups is 6. The number of halogens is 2. The minimum Gasteiger partial charge on any atom is -0.505 e. The van der Waals surface area contributed by atoms with Gasteiger partial charge in [-0.05, 0) is 32.4 Å². The highest BCUT2D eigenvalue weighted by atomic mass is 35.5. The Morgan fingerprint density at radius 2 is 1.80 bits per heavy atom. The van der Waals surface area contributed by atoms with E-state index in [9.17, 15) is 33.9 Å². The van der Waals surface area contributed by atoms with E-state index in [-0.39, 0.29) is 34.7 Å². The molecule has 0 aliphatic carbocycles. The van der Waals surface area contributed by atoms with Gasteiger partial charge in [-0.25, -0.2) is 10.0 Å². The molecule has 2 atom stereocenters. The zero-order valence-electron chi connectivity index (χ0n) is 18.8. The predicted octanol–water partition coefficient (Wildman–Crippen LogP) is 0.730. The third-order valence-electron chi connectivity index (χ3n) is 4.99. The van der Waals surface area contributed by atoms with Gasteiger partial charge in [0.1, 0.15) is 18.9 Å². The summed E-state index contributed by atoms with van der Waals surface area (Å²) in [5, 5.41) is 24.8. The summed E-state index contributed by atoms with van der Waals surface area (Å²) in [6.45, 7) is 2.54. The molecule has 1 saturated heterocycles. The fraction of sp³-hybridized carbons (Fsp3) is 0.429. The molecule has 4 amide bonds. The third-order valence-corrected chi connectivity index (χ3v) is 5.56. The number of phenolic OH excluding ortho intramolecular Hbond substituents is 1. The Hall–Kier alpha value is -3.38. The molecule has 1 heterocycles.